The van der Waals surface area contributed by atoms with Gasteiger partial charge in [0.05, 0.1) is 0 Å². The second kappa shape index (κ2) is 4.37. The number of hydrogen-bond acceptors (Lipinski definition) is 2. The Balaban J connectivity index is 1.98. The minimum Gasteiger partial charge on any atom is -0.458 e. The first kappa shape index (κ1) is 11.0. The average molecular weight is 280 g/mol. The Kier molecular flexibility index (Phi) is 2.53. The van der Waals surface area contributed by atoms with Crippen LogP contribution in [0.3, 0.4) is 0 Å². The minimum absolute atomic E-state index is 1.03. The molecule has 1 aromatic heterocycles. The van der Waals surface area contributed by atoms with E-state index in [1.54, 1.807) is 0 Å². The van der Waals surface area contributed by atoms with Crippen molar-refractivity contribution in [3.8, 4) is 11.5 Å². The van der Waals surface area contributed by atoms with Crippen LogP contribution in [0.2, 0.25) is 0 Å². The molecule has 19 heavy (non-hydrogen) atoms. The van der Waals surface area contributed by atoms with Crippen molar-refractivity contribution in [2.75, 3.05) is 0 Å². The van der Waals surface area contributed by atoms with Crippen molar-refractivity contribution >= 4 is 35.0 Å². The predicted molar refractivity (Wildman–Crippen MR) is 83.3 cm³/mol. The van der Waals surface area contributed by atoms with E-state index in [9.17, 15) is 0 Å². The zero-order valence-corrected chi connectivity index (χ0v) is 12.2. The summed E-state index contributed by atoms with van der Waals surface area (Å²) in [6.45, 7) is 0. The third-order valence-electron chi connectivity index (χ3n) is 3.51. The van der Waals surface area contributed by atoms with Crippen LogP contribution in [0.15, 0.2) is 66.0 Å². The Morgan fingerprint density at radius 1 is 0.737 bits per heavy atom. The van der Waals surface area contributed by atoms with E-state index >= 15 is 0 Å². The van der Waals surface area contributed by atoms with Crippen LogP contribution < -0.4 is 19.6 Å². The van der Waals surface area contributed by atoms with E-state index in [0.717, 1.165) is 11.5 Å². The van der Waals surface area contributed by atoms with Gasteiger partial charge in [0.15, 0.2) is 8.80 Å². The van der Waals surface area contributed by atoms with Crippen molar-refractivity contribution in [1.29, 1.82) is 0 Å². The SMILES string of the molecule is c1csc([SiH]2c3ccccc3Oc3ccccc32)c1. The summed E-state index contributed by atoms with van der Waals surface area (Å²) in [6, 6.07) is 21.3. The molecule has 0 saturated heterocycles. The van der Waals surface area contributed by atoms with E-state index in [1.165, 1.54) is 14.9 Å². The average Bonchev–Trinajstić information content (AvgIpc) is 2.98. The van der Waals surface area contributed by atoms with Gasteiger partial charge in [0, 0.05) is 0 Å². The molecule has 3 heteroatoms. The van der Waals surface area contributed by atoms with Crippen molar-refractivity contribution in [2.24, 2.45) is 0 Å². The first-order valence-corrected chi connectivity index (χ1v) is 8.94. The number of benzene rings is 2. The van der Waals surface area contributed by atoms with E-state index in [0.29, 0.717) is 0 Å². The normalized spacial score (nSPS) is 13.5. The van der Waals surface area contributed by atoms with Crippen LogP contribution in [0.4, 0.5) is 0 Å². The Hall–Kier alpha value is -1.84. The van der Waals surface area contributed by atoms with Gasteiger partial charge >= 0.3 is 0 Å². The lowest BCUT2D eigenvalue weighted by Crippen LogP contribution is -2.53. The highest BCUT2D eigenvalue weighted by molar-refractivity contribution is 7.26. The smallest absolute Gasteiger partial charge is 0.154 e. The number of para-hydroxylation sites is 2. The van der Waals surface area contributed by atoms with Gasteiger partial charge in [0.25, 0.3) is 0 Å². The number of rotatable bonds is 1. The first-order valence-electron chi connectivity index (χ1n) is 6.32. The maximum atomic E-state index is 6.05. The predicted octanol–water partition coefficient (Wildman–Crippen LogP) is 2.10. The maximum Gasteiger partial charge on any atom is 0.154 e. The minimum atomic E-state index is -1.34. The molecule has 0 amide bonds. The first-order chi connectivity index (χ1) is 9.43. The number of hydrogen-bond donors (Lipinski definition) is 0. The van der Waals surface area contributed by atoms with E-state index in [1.807, 2.05) is 23.5 Å². The zero-order chi connectivity index (χ0) is 12.7. The fourth-order valence-corrected chi connectivity index (χ4v) is 7.42. The highest BCUT2D eigenvalue weighted by atomic mass is 32.1. The van der Waals surface area contributed by atoms with Crippen LogP contribution in [0.25, 0.3) is 0 Å². The Labute approximate surface area is 117 Å². The second-order valence-corrected chi connectivity index (χ2v) is 8.76. The molecule has 0 aliphatic carbocycles. The van der Waals surface area contributed by atoms with Gasteiger partial charge in [0.1, 0.15) is 11.5 Å². The van der Waals surface area contributed by atoms with Gasteiger partial charge in [-0.05, 0) is 32.4 Å². The van der Waals surface area contributed by atoms with Crippen molar-refractivity contribution < 1.29 is 4.74 Å². The monoisotopic (exact) mass is 280 g/mol. The molecule has 0 atom stereocenters. The molecule has 4 rings (SSSR count). The summed E-state index contributed by atoms with van der Waals surface area (Å²) in [6.07, 6.45) is 0. The number of thiophene rings is 1. The fourth-order valence-electron chi connectivity index (χ4n) is 2.67. The van der Waals surface area contributed by atoms with E-state index in [4.69, 9.17) is 4.74 Å². The topological polar surface area (TPSA) is 9.23 Å². The summed E-state index contributed by atoms with van der Waals surface area (Å²) in [5.41, 5.74) is 0. The van der Waals surface area contributed by atoms with Crippen LogP contribution in [0, 0.1) is 0 Å². The van der Waals surface area contributed by atoms with Gasteiger partial charge < -0.3 is 4.74 Å². The van der Waals surface area contributed by atoms with Crippen LogP contribution in [0.5, 0.6) is 11.5 Å². The lowest BCUT2D eigenvalue weighted by molar-refractivity contribution is 0.487. The van der Waals surface area contributed by atoms with Gasteiger partial charge in [-0.1, -0.05) is 48.5 Å². The molecule has 0 radical (unpaired) electrons. The van der Waals surface area contributed by atoms with Gasteiger partial charge in [0.2, 0.25) is 0 Å². The van der Waals surface area contributed by atoms with Crippen molar-refractivity contribution in [2.45, 2.75) is 0 Å². The molecule has 92 valence electrons. The van der Waals surface area contributed by atoms with Gasteiger partial charge in [-0.2, -0.15) is 11.3 Å². The molecule has 3 aromatic rings. The molecule has 1 aliphatic rings. The molecule has 0 unspecified atom stereocenters. The van der Waals surface area contributed by atoms with Crippen LogP contribution in [-0.2, 0) is 0 Å². The summed E-state index contributed by atoms with van der Waals surface area (Å²) in [4.78, 5) is 0. The van der Waals surface area contributed by atoms with Gasteiger partial charge in [-0.3, -0.25) is 0 Å². The van der Waals surface area contributed by atoms with E-state index in [2.05, 4.69) is 53.9 Å². The third kappa shape index (κ3) is 1.74. The Morgan fingerprint density at radius 2 is 1.37 bits per heavy atom. The Bertz CT molecular complexity index is 676. The molecule has 0 bridgehead atoms. The standard InChI is InChI=1S/C16H12OSSi/c1-3-8-14-12(6-1)17-13-7-2-4-9-15(13)19(14)16-10-5-11-18-16/h1-11,19H. The molecule has 1 aliphatic heterocycles. The van der Waals surface area contributed by atoms with E-state index < -0.39 is 8.80 Å². The van der Waals surface area contributed by atoms with Crippen LogP contribution in [-0.4, -0.2) is 8.80 Å². The van der Waals surface area contributed by atoms with E-state index in [-0.39, 0.29) is 0 Å². The summed E-state index contributed by atoms with van der Waals surface area (Å²) in [7, 11) is -1.34. The highest BCUT2D eigenvalue weighted by Crippen LogP contribution is 2.24. The summed E-state index contributed by atoms with van der Waals surface area (Å²) < 4.78 is 7.55. The molecule has 0 spiro atoms. The van der Waals surface area contributed by atoms with Crippen LogP contribution >= 0.6 is 11.3 Å². The lowest BCUT2D eigenvalue weighted by Gasteiger charge is -2.26. The zero-order valence-electron chi connectivity index (χ0n) is 10.2. The quantitative estimate of drug-likeness (QED) is 0.485. The van der Waals surface area contributed by atoms with Crippen LogP contribution in [0.1, 0.15) is 0 Å². The number of ether oxygens (including phenoxy) is 1. The molecule has 2 heterocycles. The largest absolute Gasteiger partial charge is 0.458 e. The molecular weight excluding hydrogens is 268 g/mol. The second-order valence-electron chi connectivity index (χ2n) is 4.63. The molecule has 0 N–H and O–H groups in total. The summed E-state index contributed by atoms with van der Waals surface area (Å²) in [5, 5.41) is 4.95. The molecule has 0 saturated carbocycles. The maximum absolute atomic E-state index is 6.05. The highest BCUT2D eigenvalue weighted by Gasteiger charge is 2.30. The Morgan fingerprint density at radius 3 is 1.95 bits per heavy atom. The molecule has 2 aromatic carbocycles. The summed E-state index contributed by atoms with van der Waals surface area (Å²) in [5.74, 6) is 2.07. The molecule has 1 nitrogen and oxygen atoms in total. The fraction of sp³-hybridized carbons (Fsp3) is 0. The third-order valence-corrected chi connectivity index (χ3v) is 8.28. The molecular formula is C16H12OSSi. The summed E-state index contributed by atoms with van der Waals surface area (Å²) >= 11 is 1.86. The van der Waals surface area contributed by atoms with Crippen molar-refractivity contribution in [3.63, 3.8) is 0 Å². The number of fused-ring (bicyclic) bond motifs is 2. The van der Waals surface area contributed by atoms with Crippen molar-refractivity contribution in [3.05, 3.63) is 66.0 Å². The van der Waals surface area contributed by atoms with Gasteiger partial charge in [-0.25, -0.2) is 0 Å². The lowest BCUT2D eigenvalue weighted by atomic mass is 10.3. The van der Waals surface area contributed by atoms with Gasteiger partial charge in [-0.15, -0.1) is 0 Å². The molecule has 0 fully saturated rings. The van der Waals surface area contributed by atoms with Crippen molar-refractivity contribution in [1.82, 2.24) is 0 Å².